The quantitative estimate of drug-likeness (QED) is 0.416. The molecule has 1 atom stereocenters. The molecule has 0 saturated carbocycles. The number of phenolic OH excluding ortho intramolecular Hbond substituents is 2. The second-order valence-electron chi connectivity index (χ2n) is 6.87. The van der Waals surface area contributed by atoms with Crippen molar-refractivity contribution in [3.8, 4) is 11.5 Å². The first kappa shape index (κ1) is 19.5. The van der Waals surface area contributed by atoms with E-state index in [9.17, 15) is 19.8 Å². The average molecular weight is 381 g/mol. The number of aromatic hydroxyl groups is 2. The van der Waals surface area contributed by atoms with E-state index >= 15 is 0 Å². The summed E-state index contributed by atoms with van der Waals surface area (Å²) < 4.78 is 2.05. The van der Waals surface area contributed by atoms with Gasteiger partial charge < -0.3 is 19.9 Å². The number of fused-ring (bicyclic) bond motifs is 1. The third-order valence-electron chi connectivity index (χ3n) is 5.15. The number of aliphatic carboxylic acids is 1. The molecule has 3 N–H and O–H groups in total. The molecule has 6 nitrogen and oxygen atoms in total. The van der Waals surface area contributed by atoms with Crippen molar-refractivity contribution < 1.29 is 24.9 Å². The lowest BCUT2D eigenvalue weighted by Gasteiger charge is -2.20. The van der Waals surface area contributed by atoms with Crippen LogP contribution in [0.5, 0.6) is 11.5 Å². The van der Waals surface area contributed by atoms with Crippen molar-refractivity contribution in [3.05, 3.63) is 59.3 Å². The van der Waals surface area contributed by atoms with Crippen LogP contribution in [0.2, 0.25) is 0 Å². The Morgan fingerprint density at radius 2 is 1.79 bits per heavy atom. The Morgan fingerprint density at radius 1 is 1.07 bits per heavy atom. The molecule has 6 heteroatoms. The van der Waals surface area contributed by atoms with Crippen LogP contribution in [0.1, 0.15) is 53.8 Å². The fourth-order valence-corrected chi connectivity index (χ4v) is 3.76. The Kier molecular flexibility index (Phi) is 5.40. The molecule has 0 aliphatic rings. The van der Waals surface area contributed by atoms with Gasteiger partial charge in [0, 0.05) is 34.6 Å². The summed E-state index contributed by atoms with van der Waals surface area (Å²) in [6.07, 6.45) is 1.26. The summed E-state index contributed by atoms with van der Waals surface area (Å²) in [5, 5.41) is 29.1. The van der Waals surface area contributed by atoms with E-state index in [2.05, 4.69) is 0 Å². The first-order chi connectivity index (χ1) is 13.3. The standard InChI is InChI=1S/C22H23NO5/c1-3-15(9-11-20(26)27)23-13(2)21(16-6-4-5-7-17(16)23)22(28)14-8-10-18(24)19(25)12-14/h4-8,10,12,15,24-25H,3,9,11H2,1-2H3,(H,26,27). The van der Waals surface area contributed by atoms with Gasteiger partial charge in [-0.15, -0.1) is 0 Å². The Balaban J connectivity index is 2.15. The molecule has 1 unspecified atom stereocenters. The molecule has 0 saturated heterocycles. The van der Waals surface area contributed by atoms with Gasteiger partial charge in [-0.25, -0.2) is 0 Å². The van der Waals surface area contributed by atoms with Crippen molar-refractivity contribution in [2.45, 2.75) is 39.2 Å². The fourth-order valence-electron chi connectivity index (χ4n) is 3.76. The van der Waals surface area contributed by atoms with Gasteiger partial charge in [0.1, 0.15) is 0 Å². The van der Waals surface area contributed by atoms with E-state index in [1.807, 2.05) is 42.7 Å². The minimum absolute atomic E-state index is 0.0456. The number of hydrogen-bond acceptors (Lipinski definition) is 4. The summed E-state index contributed by atoms with van der Waals surface area (Å²) in [5.74, 6) is -1.73. The molecule has 0 spiro atoms. The van der Waals surface area contributed by atoms with Gasteiger partial charge in [-0.1, -0.05) is 25.1 Å². The molecule has 1 aromatic heterocycles. The highest BCUT2D eigenvalue weighted by Gasteiger charge is 2.24. The Morgan fingerprint density at radius 3 is 2.43 bits per heavy atom. The monoisotopic (exact) mass is 381 g/mol. The maximum atomic E-state index is 13.2. The van der Waals surface area contributed by atoms with Gasteiger partial charge in [0.15, 0.2) is 17.3 Å². The topological polar surface area (TPSA) is 99.8 Å². The zero-order valence-corrected chi connectivity index (χ0v) is 15.8. The minimum atomic E-state index is -0.844. The molecular weight excluding hydrogens is 358 g/mol. The molecule has 0 fully saturated rings. The van der Waals surface area contributed by atoms with E-state index in [-0.39, 0.29) is 35.3 Å². The minimum Gasteiger partial charge on any atom is -0.504 e. The van der Waals surface area contributed by atoms with Crippen LogP contribution in [0.4, 0.5) is 0 Å². The third kappa shape index (κ3) is 3.45. The van der Waals surface area contributed by atoms with Crippen LogP contribution in [-0.4, -0.2) is 31.6 Å². The van der Waals surface area contributed by atoms with Crippen molar-refractivity contribution in [1.82, 2.24) is 4.57 Å². The van der Waals surface area contributed by atoms with E-state index in [4.69, 9.17) is 5.11 Å². The van der Waals surface area contributed by atoms with E-state index in [0.717, 1.165) is 23.0 Å². The molecule has 146 valence electrons. The van der Waals surface area contributed by atoms with Gasteiger partial charge in [0.25, 0.3) is 0 Å². The van der Waals surface area contributed by atoms with Gasteiger partial charge in [0.05, 0.1) is 5.56 Å². The number of nitrogens with zero attached hydrogens (tertiary/aromatic N) is 1. The molecule has 2 aromatic carbocycles. The molecule has 1 heterocycles. The highest BCUT2D eigenvalue weighted by Crippen LogP contribution is 2.34. The zero-order valence-electron chi connectivity index (χ0n) is 15.8. The first-order valence-corrected chi connectivity index (χ1v) is 9.23. The van der Waals surface area contributed by atoms with E-state index in [0.29, 0.717) is 12.0 Å². The van der Waals surface area contributed by atoms with Crippen LogP contribution >= 0.6 is 0 Å². The second kappa shape index (κ2) is 7.76. The van der Waals surface area contributed by atoms with E-state index < -0.39 is 5.97 Å². The van der Waals surface area contributed by atoms with Crippen molar-refractivity contribution in [2.75, 3.05) is 0 Å². The number of carboxylic acid groups (broad SMARTS) is 1. The number of carboxylic acids is 1. The normalized spacial score (nSPS) is 12.2. The van der Waals surface area contributed by atoms with Gasteiger partial charge in [-0.05, 0) is 44.0 Å². The summed E-state index contributed by atoms with van der Waals surface area (Å²) in [5.41, 5.74) is 2.44. The lowest BCUT2D eigenvalue weighted by Crippen LogP contribution is -2.13. The van der Waals surface area contributed by atoms with Crippen molar-refractivity contribution >= 4 is 22.7 Å². The molecule has 0 amide bonds. The number of para-hydroxylation sites is 1. The number of ketones is 1. The van der Waals surface area contributed by atoms with Gasteiger partial charge >= 0.3 is 5.97 Å². The van der Waals surface area contributed by atoms with Crippen molar-refractivity contribution in [2.24, 2.45) is 0 Å². The van der Waals surface area contributed by atoms with Crippen LogP contribution in [0, 0.1) is 6.92 Å². The zero-order chi connectivity index (χ0) is 20.4. The average Bonchev–Trinajstić information content (AvgIpc) is 2.96. The summed E-state index contributed by atoms with van der Waals surface area (Å²) in [7, 11) is 0. The van der Waals surface area contributed by atoms with Gasteiger partial charge in [-0.3, -0.25) is 9.59 Å². The number of hydrogen-bond donors (Lipinski definition) is 3. The number of rotatable bonds is 7. The summed E-state index contributed by atoms with van der Waals surface area (Å²) in [6, 6.07) is 11.5. The largest absolute Gasteiger partial charge is 0.504 e. The lowest BCUT2D eigenvalue weighted by atomic mass is 10.00. The number of aromatic nitrogens is 1. The number of benzene rings is 2. The Labute approximate surface area is 162 Å². The van der Waals surface area contributed by atoms with Crippen LogP contribution in [0.15, 0.2) is 42.5 Å². The van der Waals surface area contributed by atoms with E-state index in [1.165, 1.54) is 18.2 Å². The Bertz CT molecular complexity index is 1050. The molecule has 28 heavy (non-hydrogen) atoms. The maximum Gasteiger partial charge on any atom is 0.303 e. The van der Waals surface area contributed by atoms with Crippen molar-refractivity contribution in [1.29, 1.82) is 0 Å². The SMILES string of the molecule is CCC(CCC(=O)O)n1c(C)c(C(=O)c2ccc(O)c(O)c2)c2ccccc21. The fraction of sp³-hybridized carbons (Fsp3) is 0.273. The highest BCUT2D eigenvalue weighted by atomic mass is 16.4. The summed E-state index contributed by atoms with van der Waals surface area (Å²) in [4.78, 5) is 24.3. The van der Waals surface area contributed by atoms with Crippen molar-refractivity contribution in [3.63, 3.8) is 0 Å². The smallest absolute Gasteiger partial charge is 0.303 e. The highest BCUT2D eigenvalue weighted by molar-refractivity contribution is 6.17. The molecule has 0 aliphatic carbocycles. The molecular formula is C22H23NO5. The van der Waals surface area contributed by atoms with Crippen LogP contribution in [-0.2, 0) is 4.79 Å². The van der Waals surface area contributed by atoms with E-state index in [1.54, 1.807) is 0 Å². The predicted molar refractivity (Wildman–Crippen MR) is 106 cm³/mol. The molecule has 3 aromatic rings. The lowest BCUT2D eigenvalue weighted by molar-refractivity contribution is -0.137. The second-order valence-corrected chi connectivity index (χ2v) is 6.87. The maximum absolute atomic E-state index is 13.2. The van der Waals surface area contributed by atoms with Gasteiger partial charge in [0.2, 0.25) is 0 Å². The van der Waals surface area contributed by atoms with Crippen LogP contribution in [0.25, 0.3) is 10.9 Å². The Hall–Kier alpha value is -3.28. The molecule has 0 bridgehead atoms. The molecule has 0 aliphatic heterocycles. The third-order valence-corrected chi connectivity index (χ3v) is 5.15. The molecule has 0 radical (unpaired) electrons. The predicted octanol–water partition coefficient (Wildman–Crippen LogP) is 4.41. The summed E-state index contributed by atoms with van der Waals surface area (Å²) in [6.45, 7) is 3.86. The molecule has 3 rings (SSSR count). The number of carbonyl (C=O) groups is 2. The van der Waals surface area contributed by atoms with Crippen LogP contribution in [0.3, 0.4) is 0 Å². The number of phenols is 2. The number of carbonyl (C=O) groups excluding carboxylic acids is 1. The van der Waals surface area contributed by atoms with Crippen LogP contribution < -0.4 is 0 Å². The summed E-state index contributed by atoms with van der Waals surface area (Å²) >= 11 is 0. The first-order valence-electron chi connectivity index (χ1n) is 9.23. The van der Waals surface area contributed by atoms with Gasteiger partial charge in [-0.2, -0.15) is 0 Å².